The fourth-order valence-electron chi connectivity index (χ4n) is 2.42. The highest BCUT2D eigenvalue weighted by atomic mass is 32.1. The minimum absolute atomic E-state index is 0.641. The number of para-hydroxylation sites is 2. The quantitative estimate of drug-likeness (QED) is 0.706. The van der Waals surface area contributed by atoms with Crippen molar-refractivity contribution in [2.24, 2.45) is 0 Å². The van der Waals surface area contributed by atoms with Crippen molar-refractivity contribution in [3.8, 4) is 0 Å². The normalized spacial score (nSPS) is 10.6. The lowest BCUT2D eigenvalue weighted by Crippen LogP contribution is -2.30. The van der Waals surface area contributed by atoms with Crippen molar-refractivity contribution in [2.45, 2.75) is 13.3 Å². The summed E-state index contributed by atoms with van der Waals surface area (Å²) in [6.45, 7) is 2.82. The molecule has 0 atom stereocenters. The van der Waals surface area contributed by atoms with Crippen LogP contribution in [0.2, 0.25) is 0 Å². The van der Waals surface area contributed by atoms with Crippen LogP contribution in [-0.4, -0.2) is 11.7 Å². The van der Waals surface area contributed by atoms with Crippen LogP contribution >= 0.6 is 12.2 Å². The van der Waals surface area contributed by atoms with Crippen LogP contribution in [0.3, 0.4) is 0 Å². The summed E-state index contributed by atoms with van der Waals surface area (Å²) in [7, 11) is 0. The molecule has 3 aromatic rings. The molecule has 1 aromatic heterocycles. The third-order valence-electron chi connectivity index (χ3n) is 3.63. The molecule has 3 rings (SSSR count). The van der Waals surface area contributed by atoms with Gasteiger partial charge in [0.2, 0.25) is 0 Å². The van der Waals surface area contributed by atoms with E-state index >= 15 is 0 Å². The molecule has 0 unspecified atom stereocenters. The van der Waals surface area contributed by atoms with Crippen molar-refractivity contribution in [2.75, 3.05) is 11.9 Å². The number of hydrogen-bond acceptors (Lipinski definition) is 2. The molecule has 2 aromatic carbocycles. The van der Waals surface area contributed by atoms with Gasteiger partial charge in [0.25, 0.3) is 0 Å². The molecule has 0 radical (unpaired) electrons. The predicted octanol–water partition coefficient (Wildman–Crippen LogP) is 4.27. The largest absolute Gasteiger partial charge is 0.464 e. The maximum Gasteiger partial charge on any atom is 0.170 e. The summed E-state index contributed by atoms with van der Waals surface area (Å²) in [5.41, 5.74) is 4.33. The van der Waals surface area contributed by atoms with Gasteiger partial charge in [-0.2, -0.15) is 0 Å². The van der Waals surface area contributed by atoms with Crippen molar-refractivity contribution >= 4 is 34.0 Å². The van der Waals surface area contributed by atoms with E-state index in [0.717, 1.165) is 24.2 Å². The molecule has 0 bridgehead atoms. The van der Waals surface area contributed by atoms with Gasteiger partial charge >= 0.3 is 0 Å². The molecule has 1 heterocycles. The van der Waals surface area contributed by atoms with Crippen LogP contribution in [0.15, 0.2) is 59.2 Å². The molecule has 22 heavy (non-hydrogen) atoms. The molecule has 3 nitrogen and oxygen atoms in total. The Kier molecular flexibility index (Phi) is 4.39. The van der Waals surface area contributed by atoms with E-state index in [9.17, 15) is 0 Å². The molecule has 4 heteroatoms. The summed E-state index contributed by atoms with van der Waals surface area (Å²) < 4.78 is 5.54. The van der Waals surface area contributed by atoms with E-state index in [1.165, 1.54) is 16.5 Å². The van der Waals surface area contributed by atoms with Gasteiger partial charge in [-0.05, 0) is 48.8 Å². The fraction of sp³-hybridized carbons (Fsp3) is 0.167. The lowest BCUT2D eigenvalue weighted by molar-refractivity contribution is 0.609. The smallest absolute Gasteiger partial charge is 0.170 e. The highest BCUT2D eigenvalue weighted by molar-refractivity contribution is 7.80. The number of thiocarbonyl (C=S) groups is 1. The molecular formula is C18H18N2OS. The first kappa shape index (κ1) is 14.6. The van der Waals surface area contributed by atoms with E-state index < -0.39 is 0 Å². The zero-order valence-electron chi connectivity index (χ0n) is 12.4. The monoisotopic (exact) mass is 310 g/mol. The van der Waals surface area contributed by atoms with Gasteiger partial charge in [0.1, 0.15) is 5.58 Å². The maximum atomic E-state index is 5.54. The van der Waals surface area contributed by atoms with Gasteiger partial charge in [0.05, 0.1) is 6.26 Å². The topological polar surface area (TPSA) is 37.2 Å². The summed E-state index contributed by atoms with van der Waals surface area (Å²) in [5, 5.41) is 8.27. The Labute approximate surface area is 135 Å². The second-order valence-corrected chi connectivity index (χ2v) is 5.61. The van der Waals surface area contributed by atoms with E-state index in [0.29, 0.717) is 5.11 Å². The first-order valence-corrected chi connectivity index (χ1v) is 7.70. The number of nitrogens with one attached hydrogen (secondary N) is 2. The molecular weight excluding hydrogens is 292 g/mol. The van der Waals surface area contributed by atoms with Crippen molar-refractivity contribution in [3.05, 3.63) is 65.9 Å². The lowest BCUT2D eigenvalue weighted by atomic mass is 10.1. The van der Waals surface area contributed by atoms with Crippen LogP contribution in [0, 0.1) is 6.92 Å². The highest BCUT2D eigenvalue weighted by Gasteiger charge is 2.05. The van der Waals surface area contributed by atoms with Crippen molar-refractivity contribution in [1.82, 2.24) is 5.32 Å². The summed E-state index contributed by atoms with van der Waals surface area (Å²) >= 11 is 5.34. The van der Waals surface area contributed by atoms with Gasteiger partial charge in [-0.1, -0.05) is 36.4 Å². The van der Waals surface area contributed by atoms with Gasteiger partial charge in [0, 0.05) is 17.6 Å². The Morgan fingerprint density at radius 2 is 1.86 bits per heavy atom. The van der Waals surface area contributed by atoms with Crippen LogP contribution in [0.25, 0.3) is 11.0 Å². The number of aryl methyl sites for hydroxylation is 1. The number of anilines is 1. The van der Waals surface area contributed by atoms with Crippen molar-refractivity contribution in [3.63, 3.8) is 0 Å². The van der Waals surface area contributed by atoms with Crippen LogP contribution < -0.4 is 10.6 Å². The minimum Gasteiger partial charge on any atom is -0.464 e. The molecule has 0 aliphatic heterocycles. The fourth-order valence-corrected chi connectivity index (χ4v) is 2.63. The van der Waals surface area contributed by atoms with Gasteiger partial charge in [0.15, 0.2) is 5.11 Å². The number of hydrogen-bond donors (Lipinski definition) is 2. The van der Waals surface area contributed by atoms with Crippen molar-refractivity contribution in [1.29, 1.82) is 0 Å². The molecule has 0 saturated carbocycles. The zero-order valence-corrected chi connectivity index (χ0v) is 13.2. The van der Waals surface area contributed by atoms with E-state index in [1.807, 2.05) is 42.7 Å². The SMILES string of the molecule is Cc1ccccc1NC(=S)NCCc1coc2ccccc12. The Morgan fingerprint density at radius 1 is 1.09 bits per heavy atom. The number of benzene rings is 2. The molecule has 0 aliphatic carbocycles. The second-order valence-electron chi connectivity index (χ2n) is 5.20. The van der Waals surface area contributed by atoms with E-state index in [1.54, 1.807) is 0 Å². The van der Waals surface area contributed by atoms with Crippen LogP contribution in [0.1, 0.15) is 11.1 Å². The summed E-state index contributed by atoms with van der Waals surface area (Å²) in [6.07, 6.45) is 2.69. The number of furan rings is 1. The third kappa shape index (κ3) is 3.28. The molecule has 0 fully saturated rings. The second kappa shape index (κ2) is 6.62. The van der Waals surface area contributed by atoms with E-state index in [2.05, 4.69) is 29.7 Å². The summed E-state index contributed by atoms with van der Waals surface area (Å²) in [6, 6.07) is 16.2. The number of fused-ring (bicyclic) bond motifs is 1. The maximum absolute atomic E-state index is 5.54. The van der Waals surface area contributed by atoms with E-state index in [4.69, 9.17) is 16.6 Å². The third-order valence-corrected chi connectivity index (χ3v) is 3.88. The van der Waals surface area contributed by atoms with Crippen LogP contribution in [0.5, 0.6) is 0 Å². The Morgan fingerprint density at radius 3 is 2.73 bits per heavy atom. The Bertz CT molecular complexity index is 794. The average Bonchev–Trinajstić information content (AvgIpc) is 2.93. The molecule has 0 amide bonds. The van der Waals surface area contributed by atoms with E-state index in [-0.39, 0.29) is 0 Å². The van der Waals surface area contributed by atoms with Gasteiger partial charge in [-0.15, -0.1) is 0 Å². The van der Waals surface area contributed by atoms with Gasteiger partial charge < -0.3 is 15.1 Å². The van der Waals surface area contributed by atoms with Crippen LogP contribution in [0.4, 0.5) is 5.69 Å². The lowest BCUT2D eigenvalue weighted by Gasteiger charge is -2.12. The van der Waals surface area contributed by atoms with Crippen LogP contribution in [-0.2, 0) is 6.42 Å². The highest BCUT2D eigenvalue weighted by Crippen LogP contribution is 2.20. The zero-order chi connectivity index (χ0) is 15.4. The Balaban J connectivity index is 1.55. The molecule has 0 saturated heterocycles. The van der Waals surface area contributed by atoms with Crippen molar-refractivity contribution < 1.29 is 4.42 Å². The number of rotatable bonds is 4. The summed E-state index contributed by atoms with van der Waals surface area (Å²) in [5.74, 6) is 0. The minimum atomic E-state index is 0.641. The first-order valence-electron chi connectivity index (χ1n) is 7.29. The van der Waals surface area contributed by atoms with Gasteiger partial charge in [-0.25, -0.2) is 0 Å². The molecule has 0 aliphatic rings. The Hall–Kier alpha value is -2.33. The first-order chi connectivity index (χ1) is 10.7. The molecule has 112 valence electrons. The average molecular weight is 310 g/mol. The van der Waals surface area contributed by atoms with Gasteiger partial charge in [-0.3, -0.25) is 0 Å². The summed E-state index contributed by atoms with van der Waals surface area (Å²) in [4.78, 5) is 0. The molecule has 0 spiro atoms. The predicted molar refractivity (Wildman–Crippen MR) is 95.3 cm³/mol. The standard InChI is InChI=1S/C18H18N2OS/c1-13-6-2-4-8-16(13)20-18(22)19-11-10-14-12-21-17-9-5-3-7-15(14)17/h2-9,12H,10-11H2,1H3,(H2,19,20,22). The molecule has 2 N–H and O–H groups in total.